The molecule has 0 saturated carbocycles. The molecule has 0 aliphatic carbocycles. The summed E-state index contributed by atoms with van der Waals surface area (Å²) in [5.41, 5.74) is 3.29. The predicted molar refractivity (Wildman–Crippen MR) is 88.4 cm³/mol. The third kappa shape index (κ3) is 2.80. The first kappa shape index (κ1) is 14.1. The van der Waals surface area contributed by atoms with Crippen molar-refractivity contribution in [3.8, 4) is 6.07 Å². The van der Waals surface area contributed by atoms with E-state index in [0.717, 1.165) is 21.1 Å². The van der Waals surface area contributed by atoms with Gasteiger partial charge in [0.05, 0.1) is 21.1 Å². The molecule has 21 heavy (non-hydrogen) atoms. The number of halogens is 2. The highest BCUT2D eigenvalue weighted by Crippen LogP contribution is 2.29. The van der Waals surface area contributed by atoms with Crippen molar-refractivity contribution in [1.29, 1.82) is 5.26 Å². The number of allylic oxidation sites excluding steroid dienone is 1. The first-order valence-electron chi connectivity index (χ1n) is 6.10. The summed E-state index contributed by atoms with van der Waals surface area (Å²) in [7, 11) is 0. The summed E-state index contributed by atoms with van der Waals surface area (Å²) in [6.45, 7) is 2.01. The van der Waals surface area contributed by atoms with Crippen LogP contribution in [0.1, 0.15) is 17.1 Å². The summed E-state index contributed by atoms with van der Waals surface area (Å²) in [5, 5.41) is 9.35. The third-order valence-corrected chi connectivity index (χ3v) is 4.67. The van der Waals surface area contributed by atoms with Crippen LogP contribution in [0.25, 0.3) is 22.7 Å². The number of nitrogens with zero attached hydrogens (tertiary/aromatic N) is 2. The number of aryl methyl sites for hydroxylation is 1. The van der Waals surface area contributed by atoms with E-state index < -0.39 is 0 Å². The van der Waals surface area contributed by atoms with Gasteiger partial charge in [0.15, 0.2) is 4.67 Å². The number of hydrogen-bond donors (Lipinski definition) is 1. The van der Waals surface area contributed by atoms with E-state index in [9.17, 15) is 5.26 Å². The smallest absolute Gasteiger partial charge is 0.184 e. The van der Waals surface area contributed by atoms with E-state index >= 15 is 0 Å². The van der Waals surface area contributed by atoms with Gasteiger partial charge in [-0.15, -0.1) is 0 Å². The molecule has 3 aromatic rings. The molecule has 0 unspecified atom stereocenters. The van der Waals surface area contributed by atoms with Gasteiger partial charge in [0.25, 0.3) is 0 Å². The number of furan rings is 1. The topological polar surface area (TPSA) is 65.6 Å². The van der Waals surface area contributed by atoms with Crippen molar-refractivity contribution in [2.45, 2.75) is 6.92 Å². The molecule has 0 bridgehead atoms. The Morgan fingerprint density at radius 1 is 1.38 bits per heavy atom. The Hall–Kier alpha value is -1.84. The maximum absolute atomic E-state index is 9.35. The second-order valence-corrected chi connectivity index (χ2v) is 6.12. The summed E-state index contributed by atoms with van der Waals surface area (Å²) in [6, 6.07) is 9.85. The molecular weight excluding hydrogens is 398 g/mol. The molecule has 6 heteroatoms. The van der Waals surface area contributed by atoms with Crippen LogP contribution in [-0.2, 0) is 0 Å². The maximum Gasteiger partial charge on any atom is 0.184 e. The van der Waals surface area contributed by atoms with Crippen molar-refractivity contribution in [3.05, 3.63) is 50.6 Å². The lowest BCUT2D eigenvalue weighted by Gasteiger charge is -1.91. The number of imidazole rings is 1. The lowest BCUT2D eigenvalue weighted by Crippen LogP contribution is -1.84. The Morgan fingerprint density at radius 2 is 2.19 bits per heavy atom. The first-order valence-corrected chi connectivity index (χ1v) is 7.69. The zero-order valence-corrected chi connectivity index (χ0v) is 14.1. The molecule has 0 aliphatic rings. The number of H-pyrrole nitrogens is 1. The average molecular weight is 407 g/mol. The number of rotatable bonds is 2. The van der Waals surface area contributed by atoms with E-state index in [1.807, 2.05) is 25.1 Å². The fourth-order valence-electron chi connectivity index (χ4n) is 1.98. The number of aromatic nitrogens is 2. The highest BCUT2D eigenvalue weighted by molar-refractivity contribution is 9.13. The van der Waals surface area contributed by atoms with Gasteiger partial charge in [-0.3, -0.25) is 0 Å². The van der Waals surface area contributed by atoms with E-state index in [1.54, 1.807) is 12.1 Å². The molecule has 2 heterocycles. The summed E-state index contributed by atoms with van der Waals surface area (Å²) in [5.74, 6) is 1.10. The normalized spacial score (nSPS) is 11.8. The largest absolute Gasteiger partial charge is 0.449 e. The van der Waals surface area contributed by atoms with Gasteiger partial charge in [-0.05, 0) is 62.5 Å². The number of benzene rings is 1. The van der Waals surface area contributed by atoms with Gasteiger partial charge in [-0.1, -0.05) is 6.07 Å². The molecule has 0 radical (unpaired) electrons. The number of aromatic amines is 1. The minimum atomic E-state index is 0.414. The van der Waals surface area contributed by atoms with Crippen LogP contribution >= 0.6 is 31.9 Å². The molecule has 0 fully saturated rings. The van der Waals surface area contributed by atoms with Crippen molar-refractivity contribution < 1.29 is 4.42 Å². The number of nitrogens with one attached hydrogen (secondary N) is 1. The minimum Gasteiger partial charge on any atom is -0.449 e. The number of hydrogen-bond acceptors (Lipinski definition) is 3. The van der Waals surface area contributed by atoms with Crippen LogP contribution in [0.5, 0.6) is 0 Å². The molecule has 0 atom stereocenters. The van der Waals surface area contributed by atoms with Crippen LogP contribution in [0.4, 0.5) is 0 Å². The van der Waals surface area contributed by atoms with Gasteiger partial charge < -0.3 is 9.40 Å². The van der Waals surface area contributed by atoms with E-state index in [4.69, 9.17) is 4.42 Å². The molecule has 1 aromatic carbocycles. The molecule has 104 valence electrons. The van der Waals surface area contributed by atoms with Gasteiger partial charge >= 0.3 is 0 Å². The van der Waals surface area contributed by atoms with E-state index in [0.29, 0.717) is 21.8 Å². The Kier molecular flexibility index (Phi) is 3.70. The van der Waals surface area contributed by atoms with Crippen LogP contribution in [0, 0.1) is 18.3 Å². The van der Waals surface area contributed by atoms with Crippen LogP contribution in [0.15, 0.2) is 37.8 Å². The SMILES string of the molecule is Cc1ccc2nc(/C(C#N)=C\c3cc(Br)c(Br)o3)[nH]c2c1. The fourth-order valence-corrected chi connectivity index (χ4v) is 2.59. The van der Waals surface area contributed by atoms with Crippen molar-refractivity contribution >= 4 is 54.5 Å². The predicted octanol–water partition coefficient (Wildman–Crippen LogP) is 5.05. The Morgan fingerprint density at radius 3 is 2.86 bits per heavy atom. The molecule has 0 spiro atoms. The van der Waals surface area contributed by atoms with Crippen molar-refractivity contribution in [3.63, 3.8) is 0 Å². The second kappa shape index (κ2) is 5.51. The number of nitriles is 1. The fraction of sp³-hybridized carbons (Fsp3) is 0.0667. The van der Waals surface area contributed by atoms with E-state index in [1.165, 1.54) is 0 Å². The maximum atomic E-state index is 9.35. The van der Waals surface area contributed by atoms with E-state index in [2.05, 4.69) is 47.9 Å². The molecule has 0 amide bonds. The Balaban J connectivity index is 2.07. The summed E-state index contributed by atoms with van der Waals surface area (Å²) >= 11 is 6.62. The lowest BCUT2D eigenvalue weighted by molar-refractivity contribution is 0.530. The highest BCUT2D eigenvalue weighted by atomic mass is 79.9. The van der Waals surface area contributed by atoms with Gasteiger partial charge in [0.1, 0.15) is 17.7 Å². The molecular formula is C15H9Br2N3O. The summed E-state index contributed by atoms with van der Waals surface area (Å²) < 4.78 is 6.85. The summed E-state index contributed by atoms with van der Waals surface area (Å²) in [4.78, 5) is 7.60. The second-order valence-electron chi connectivity index (χ2n) is 4.55. The van der Waals surface area contributed by atoms with Crippen LogP contribution in [0.2, 0.25) is 0 Å². The molecule has 4 nitrogen and oxygen atoms in total. The highest BCUT2D eigenvalue weighted by Gasteiger charge is 2.10. The van der Waals surface area contributed by atoms with Gasteiger partial charge in [-0.2, -0.15) is 5.26 Å². The van der Waals surface area contributed by atoms with Crippen molar-refractivity contribution in [2.24, 2.45) is 0 Å². The van der Waals surface area contributed by atoms with Gasteiger partial charge in [-0.25, -0.2) is 4.98 Å². The standard InChI is InChI=1S/C15H9Br2N3O/c1-8-2-3-12-13(4-8)20-15(19-12)9(7-18)5-10-6-11(16)14(17)21-10/h2-6H,1H3,(H,19,20)/b9-5-. The minimum absolute atomic E-state index is 0.414. The molecule has 0 saturated heterocycles. The van der Waals surface area contributed by atoms with Gasteiger partial charge in [0, 0.05) is 6.08 Å². The third-order valence-electron chi connectivity index (χ3n) is 2.96. The molecule has 0 aliphatic heterocycles. The molecule has 3 rings (SSSR count). The van der Waals surface area contributed by atoms with Crippen LogP contribution in [0.3, 0.4) is 0 Å². The van der Waals surface area contributed by atoms with Crippen LogP contribution in [-0.4, -0.2) is 9.97 Å². The zero-order chi connectivity index (χ0) is 15.0. The summed E-state index contributed by atoms with van der Waals surface area (Å²) in [6.07, 6.45) is 1.65. The van der Waals surface area contributed by atoms with Gasteiger partial charge in [0.2, 0.25) is 0 Å². The Bertz CT molecular complexity index is 880. The average Bonchev–Trinajstić information content (AvgIpc) is 2.99. The molecule has 2 aromatic heterocycles. The monoisotopic (exact) mass is 405 g/mol. The quantitative estimate of drug-likeness (QED) is 0.605. The van der Waals surface area contributed by atoms with Crippen molar-refractivity contribution in [1.82, 2.24) is 9.97 Å². The first-order chi connectivity index (χ1) is 10.1. The van der Waals surface area contributed by atoms with Crippen LogP contribution < -0.4 is 0 Å². The lowest BCUT2D eigenvalue weighted by atomic mass is 10.2. The van der Waals surface area contributed by atoms with Crippen molar-refractivity contribution in [2.75, 3.05) is 0 Å². The number of fused-ring (bicyclic) bond motifs is 1. The zero-order valence-electron chi connectivity index (χ0n) is 10.9. The van der Waals surface area contributed by atoms with E-state index in [-0.39, 0.29) is 0 Å². The Labute approximate surface area is 137 Å². The molecule has 1 N–H and O–H groups in total.